The molecule has 2 heterocycles. The van der Waals surface area contributed by atoms with Gasteiger partial charge in [0.1, 0.15) is 4.21 Å². The van der Waals surface area contributed by atoms with Crippen LogP contribution in [0.3, 0.4) is 0 Å². The van der Waals surface area contributed by atoms with Gasteiger partial charge >= 0.3 is 0 Å². The van der Waals surface area contributed by atoms with Crippen LogP contribution in [0.2, 0.25) is 0 Å². The number of rotatable bonds is 7. The number of nitrogens with two attached hydrogens (primary N) is 1. The number of thiophene rings is 1. The minimum atomic E-state index is -3.41. The molecule has 0 aromatic carbocycles. The van der Waals surface area contributed by atoms with Gasteiger partial charge in [0, 0.05) is 30.6 Å². The van der Waals surface area contributed by atoms with E-state index >= 15 is 0 Å². The fourth-order valence-corrected chi connectivity index (χ4v) is 5.99. The quantitative estimate of drug-likeness (QED) is 0.720. The number of carbonyl (C=O) groups is 1. The number of hydrogen-bond donors (Lipinski definition) is 2. The summed E-state index contributed by atoms with van der Waals surface area (Å²) in [5.41, 5.74) is 5.97. The number of sulfonamides is 1. The van der Waals surface area contributed by atoms with Gasteiger partial charge in [-0.25, -0.2) is 8.42 Å². The van der Waals surface area contributed by atoms with Crippen molar-refractivity contribution < 1.29 is 13.2 Å². The molecule has 1 saturated heterocycles. The molecule has 1 aromatic heterocycles. The van der Waals surface area contributed by atoms with Gasteiger partial charge in [-0.2, -0.15) is 4.31 Å². The standard InChI is InChI=1S/C16H25N3O3S2.ClH/c17-14(12-4-5-12)11-18-15(20)10-13-6-7-16(23-13)24(21,22)19-8-2-1-3-9-19;/h6-7,12,14H,1-5,8-11,17H2,(H,18,20);1H. The maximum Gasteiger partial charge on any atom is 0.252 e. The number of hydrogen-bond acceptors (Lipinski definition) is 5. The lowest BCUT2D eigenvalue weighted by molar-refractivity contribution is -0.120. The molecule has 6 nitrogen and oxygen atoms in total. The SMILES string of the molecule is Cl.NC(CNC(=O)Cc1ccc(S(=O)(=O)N2CCCCC2)s1)C1CC1. The fourth-order valence-electron chi connectivity index (χ4n) is 2.97. The predicted octanol–water partition coefficient (Wildman–Crippen LogP) is 1.74. The van der Waals surface area contributed by atoms with Crippen LogP contribution in [-0.2, 0) is 21.2 Å². The highest BCUT2D eigenvalue weighted by atomic mass is 35.5. The van der Waals surface area contributed by atoms with E-state index in [1.54, 1.807) is 16.4 Å². The third-order valence-electron chi connectivity index (χ3n) is 4.64. The minimum Gasteiger partial charge on any atom is -0.354 e. The highest BCUT2D eigenvalue weighted by molar-refractivity contribution is 7.91. The largest absolute Gasteiger partial charge is 0.354 e. The highest BCUT2D eigenvalue weighted by Crippen LogP contribution is 2.31. The molecule has 3 N–H and O–H groups in total. The first-order chi connectivity index (χ1) is 11.5. The first kappa shape index (κ1) is 20.6. The number of carbonyl (C=O) groups excluding carboxylic acids is 1. The van der Waals surface area contributed by atoms with Gasteiger partial charge in [0.05, 0.1) is 6.42 Å². The summed E-state index contributed by atoms with van der Waals surface area (Å²) < 4.78 is 27.1. The van der Waals surface area contributed by atoms with Crippen molar-refractivity contribution in [1.29, 1.82) is 0 Å². The summed E-state index contributed by atoms with van der Waals surface area (Å²) in [7, 11) is -3.41. The van der Waals surface area contributed by atoms with Gasteiger partial charge in [0.25, 0.3) is 10.0 Å². The Kier molecular flexibility index (Phi) is 7.28. The Labute approximate surface area is 159 Å². The van der Waals surface area contributed by atoms with Gasteiger partial charge in [-0.15, -0.1) is 23.7 Å². The molecular formula is C16H26ClN3O3S2. The van der Waals surface area contributed by atoms with Crippen molar-refractivity contribution in [2.45, 2.75) is 48.8 Å². The molecule has 1 aliphatic carbocycles. The van der Waals surface area contributed by atoms with Gasteiger partial charge in [0.15, 0.2) is 0 Å². The first-order valence-electron chi connectivity index (χ1n) is 8.58. The number of halogens is 1. The maximum atomic E-state index is 12.6. The zero-order valence-electron chi connectivity index (χ0n) is 14.1. The van der Waals surface area contributed by atoms with Crippen molar-refractivity contribution in [3.63, 3.8) is 0 Å². The van der Waals surface area contributed by atoms with Crippen molar-refractivity contribution in [2.24, 2.45) is 11.7 Å². The van der Waals surface area contributed by atoms with Gasteiger partial charge in [0.2, 0.25) is 5.91 Å². The smallest absolute Gasteiger partial charge is 0.252 e. The Morgan fingerprint density at radius 2 is 1.96 bits per heavy atom. The molecule has 3 rings (SSSR count). The fraction of sp³-hybridized carbons (Fsp3) is 0.688. The van der Waals surface area contributed by atoms with Crippen molar-refractivity contribution >= 4 is 39.7 Å². The Bertz CT molecular complexity index is 683. The summed E-state index contributed by atoms with van der Waals surface area (Å²) in [6.07, 6.45) is 5.43. The lowest BCUT2D eigenvalue weighted by Crippen LogP contribution is -2.39. The highest BCUT2D eigenvalue weighted by Gasteiger charge is 2.29. The van der Waals surface area contributed by atoms with Crippen LogP contribution in [0, 0.1) is 5.92 Å². The molecule has 0 radical (unpaired) electrons. The van der Waals surface area contributed by atoms with E-state index in [9.17, 15) is 13.2 Å². The van der Waals surface area contributed by atoms with Crippen LogP contribution in [0.4, 0.5) is 0 Å². The second-order valence-electron chi connectivity index (χ2n) is 6.67. The Hall–Kier alpha value is -0.670. The van der Waals surface area contributed by atoms with Gasteiger partial charge in [-0.3, -0.25) is 4.79 Å². The third kappa shape index (κ3) is 5.40. The second-order valence-corrected chi connectivity index (χ2v) is 10.0. The Morgan fingerprint density at radius 1 is 1.28 bits per heavy atom. The zero-order chi connectivity index (χ0) is 17.2. The van der Waals surface area contributed by atoms with Crippen LogP contribution in [-0.4, -0.2) is 44.3 Å². The number of piperidine rings is 1. The van der Waals surface area contributed by atoms with Crippen LogP contribution in [0.15, 0.2) is 16.3 Å². The molecule has 0 spiro atoms. The molecule has 0 bridgehead atoms. The molecule has 25 heavy (non-hydrogen) atoms. The van der Waals surface area contributed by atoms with E-state index < -0.39 is 10.0 Å². The average molecular weight is 408 g/mol. The van der Waals surface area contributed by atoms with Crippen LogP contribution >= 0.6 is 23.7 Å². The minimum absolute atomic E-state index is 0. The maximum absolute atomic E-state index is 12.6. The molecule has 1 amide bonds. The first-order valence-corrected chi connectivity index (χ1v) is 10.8. The van der Waals surface area contributed by atoms with Crippen LogP contribution in [0.1, 0.15) is 37.0 Å². The lowest BCUT2D eigenvalue weighted by Gasteiger charge is -2.25. The summed E-state index contributed by atoms with van der Waals surface area (Å²) in [6, 6.07) is 3.39. The van der Waals surface area contributed by atoms with E-state index in [0.717, 1.165) is 37.0 Å². The molecule has 1 unspecified atom stereocenters. The topological polar surface area (TPSA) is 92.5 Å². The van der Waals surface area contributed by atoms with E-state index in [4.69, 9.17) is 5.73 Å². The molecule has 2 aliphatic rings. The molecule has 9 heteroatoms. The Balaban J connectivity index is 0.00000225. The van der Waals surface area contributed by atoms with Crippen molar-refractivity contribution in [2.75, 3.05) is 19.6 Å². The van der Waals surface area contributed by atoms with Gasteiger partial charge in [-0.05, 0) is 43.7 Å². The third-order valence-corrected chi connectivity index (χ3v) is 8.09. The van der Waals surface area contributed by atoms with Crippen LogP contribution in [0.25, 0.3) is 0 Å². The predicted molar refractivity (Wildman–Crippen MR) is 102 cm³/mol. The number of amides is 1. The summed E-state index contributed by atoms with van der Waals surface area (Å²) in [5, 5.41) is 2.85. The molecule has 1 saturated carbocycles. The van der Waals surface area contributed by atoms with Crippen molar-refractivity contribution in [1.82, 2.24) is 9.62 Å². The zero-order valence-corrected chi connectivity index (χ0v) is 16.6. The number of nitrogens with zero attached hydrogens (tertiary/aromatic N) is 1. The molecular weight excluding hydrogens is 382 g/mol. The lowest BCUT2D eigenvalue weighted by atomic mass is 10.2. The van der Waals surface area contributed by atoms with E-state index in [-0.39, 0.29) is 30.8 Å². The average Bonchev–Trinajstić information content (AvgIpc) is 3.33. The van der Waals surface area contributed by atoms with E-state index in [0.29, 0.717) is 29.8 Å². The van der Waals surface area contributed by atoms with Crippen LogP contribution < -0.4 is 11.1 Å². The second kappa shape index (κ2) is 8.81. The van der Waals surface area contributed by atoms with Crippen molar-refractivity contribution in [3.8, 4) is 0 Å². The molecule has 142 valence electrons. The summed E-state index contributed by atoms with van der Waals surface area (Å²) in [4.78, 5) is 12.8. The Morgan fingerprint density at radius 3 is 2.60 bits per heavy atom. The molecule has 1 aromatic rings. The molecule has 2 fully saturated rings. The van der Waals surface area contributed by atoms with E-state index in [2.05, 4.69) is 5.32 Å². The summed E-state index contributed by atoms with van der Waals surface area (Å²) >= 11 is 1.19. The molecule has 1 atom stereocenters. The van der Waals surface area contributed by atoms with Crippen molar-refractivity contribution in [3.05, 3.63) is 17.0 Å². The van der Waals surface area contributed by atoms with Gasteiger partial charge in [-0.1, -0.05) is 6.42 Å². The number of nitrogens with one attached hydrogen (secondary N) is 1. The van der Waals surface area contributed by atoms with Crippen LogP contribution in [0.5, 0.6) is 0 Å². The monoisotopic (exact) mass is 407 g/mol. The normalized spacial score (nSPS) is 19.9. The van der Waals surface area contributed by atoms with E-state index in [1.807, 2.05) is 0 Å². The summed E-state index contributed by atoms with van der Waals surface area (Å²) in [6.45, 7) is 1.68. The molecule has 1 aliphatic heterocycles. The van der Waals surface area contributed by atoms with Gasteiger partial charge < -0.3 is 11.1 Å². The van der Waals surface area contributed by atoms with E-state index in [1.165, 1.54) is 11.3 Å². The summed E-state index contributed by atoms with van der Waals surface area (Å²) in [5.74, 6) is 0.447.